The van der Waals surface area contributed by atoms with Crippen molar-refractivity contribution < 1.29 is 0 Å². The molecule has 0 atom stereocenters. The van der Waals surface area contributed by atoms with Gasteiger partial charge in [0.05, 0.1) is 16.8 Å². The van der Waals surface area contributed by atoms with Crippen LogP contribution in [0.25, 0.3) is 5.65 Å². The Morgan fingerprint density at radius 2 is 2.19 bits per heavy atom. The molecular weight excluding hydrogens is 282 g/mol. The highest BCUT2D eigenvalue weighted by Gasteiger charge is 2.14. The first kappa shape index (κ1) is 14.2. The summed E-state index contributed by atoms with van der Waals surface area (Å²) in [6.45, 7) is 5.10. The van der Waals surface area contributed by atoms with Crippen molar-refractivity contribution in [2.45, 2.75) is 36.4 Å². The standard InChI is InChI=1S/C15H19N5S/c1-11(2)16-9-13-15(21-12-8-17-19(3)10-12)18-14-6-4-5-7-20(13)14/h4-8,10-11,16H,9H2,1-3H3. The molecule has 0 fully saturated rings. The lowest BCUT2D eigenvalue weighted by atomic mass is 10.3. The van der Waals surface area contributed by atoms with Gasteiger partial charge in [0.2, 0.25) is 0 Å². The second-order valence-electron chi connectivity index (χ2n) is 5.28. The zero-order chi connectivity index (χ0) is 14.8. The predicted octanol–water partition coefficient (Wildman–Crippen LogP) is 2.72. The van der Waals surface area contributed by atoms with Gasteiger partial charge >= 0.3 is 0 Å². The maximum Gasteiger partial charge on any atom is 0.138 e. The van der Waals surface area contributed by atoms with E-state index in [0.29, 0.717) is 6.04 Å². The number of fused-ring (bicyclic) bond motifs is 1. The monoisotopic (exact) mass is 301 g/mol. The Morgan fingerprint density at radius 1 is 1.33 bits per heavy atom. The lowest BCUT2D eigenvalue weighted by Gasteiger charge is -2.09. The molecule has 21 heavy (non-hydrogen) atoms. The average molecular weight is 301 g/mol. The molecule has 3 heterocycles. The highest BCUT2D eigenvalue weighted by atomic mass is 32.2. The van der Waals surface area contributed by atoms with Gasteiger partial charge in [-0.25, -0.2) is 4.98 Å². The third-order valence-electron chi connectivity index (χ3n) is 3.17. The van der Waals surface area contributed by atoms with Gasteiger partial charge < -0.3 is 9.72 Å². The van der Waals surface area contributed by atoms with E-state index in [1.54, 1.807) is 11.8 Å². The van der Waals surface area contributed by atoms with Crippen LogP contribution in [0.3, 0.4) is 0 Å². The molecule has 0 aliphatic carbocycles. The summed E-state index contributed by atoms with van der Waals surface area (Å²) in [6.07, 6.45) is 5.94. The van der Waals surface area contributed by atoms with E-state index in [1.807, 2.05) is 42.3 Å². The summed E-state index contributed by atoms with van der Waals surface area (Å²) in [5.74, 6) is 0. The number of aromatic nitrogens is 4. The normalized spacial score (nSPS) is 11.6. The van der Waals surface area contributed by atoms with Gasteiger partial charge in [-0.05, 0) is 12.1 Å². The lowest BCUT2D eigenvalue weighted by molar-refractivity contribution is 0.574. The Kier molecular flexibility index (Phi) is 3.98. The van der Waals surface area contributed by atoms with Crippen molar-refractivity contribution in [1.82, 2.24) is 24.5 Å². The molecule has 5 nitrogen and oxygen atoms in total. The van der Waals surface area contributed by atoms with E-state index >= 15 is 0 Å². The van der Waals surface area contributed by atoms with E-state index in [0.717, 1.165) is 22.1 Å². The van der Waals surface area contributed by atoms with Crippen molar-refractivity contribution in [3.8, 4) is 0 Å². The van der Waals surface area contributed by atoms with Crippen LogP contribution in [0.15, 0.2) is 46.7 Å². The molecule has 0 aliphatic heterocycles. The maximum absolute atomic E-state index is 4.74. The van der Waals surface area contributed by atoms with Crippen LogP contribution in [-0.2, 0) is 13.6 Å². The molecule has 0 unspecified atom stereocenters. The first-order valence-corrected chi connectivity index (χ1v) is 7.81. The number of hydrogen-bond donors (Lipinski definition) is 1. The molecule has 0 spiro atoms. The maximum atomic E-state index is 4.74. The molecule has 0 saturated heterocycles. The SMILES string of the molecule is CC(C)NCc1c(Sc2cnn(C)c2)nc2ccccn12. The fourth-order valence-electron chi connectivity index (χ4n) is 2.13. The number of nitrogens with zero attached hydrogens (tertiary/aromatic N) is 4. The number of rotatable bonds is 5. The van der Waals surface area contributed by atoms with Crippen LogP contribution in [0, 0.1) is 0 Å². The topological polar surface area (TPSA) is 47.2 Å². The summed E-state index contributed by atoms with van der Waals surface area (Å²) >= 11 is 1.66. The summed E-state index contributed by atoms with van der Waals surface area (Å²) in [6, 6.07) is 6.52. The number of aryl methyl sites for hydroxylation is 1. The smallest absolute Gasteiger partial charge is 0.138 e. The largest absolute Gasteiger partial charge is 0.309 e. The van der Waals surface area contributed by atoms with Gasteiger partial charge in [-0.15, -0.1) is 0 Å². The van der Waals surface area contributed by atoms with Crippen molar-refractivity contribution in [3.63, 3.8) is 0 Å². The van der Waals surface area contributed by atoms with Gasteiger partial charge in [0.1, 0.15) is 10.7 Å². The molecule has 0 aromatic carbocycles. The van der Waals surface area contributed by atoms with Crippen molar-refractivity contribution in [3.05, 3.63) is 42.5 Å². The van der Waals surface area contributed by atoms with E-state index in [4.69, 9.17) is 4.98 Å². The third kappa shape index (κ3) is 3.11. The van der Waals surface area contributed by atoms with Crippen LogP contribution in [0.5, 0.6) is 0 Å². The molecule has 3 aromatic rings. The quantitative estimate of drug-likeness (QED) is 0.787. The molecule has 0 saturated carbocycles. The summed E-state index contributed by atoms with van der Waals surface area (Å²) in [5, 5.41) is 8.72. The van der Waals surface area contributed by atoms with Gasteiger partial charge in [-0.2, -0.15) is 5.10 Å². The summed E-state index contributed by atoms with van der Waals surface area (Å²) < 4.78 is 3.96. The van der Waals surface area contributed by atoms with Gasteiger partial charge in [0.15, 0.2) is 0 Å². The Bertz CT molecular complexity index is 743. The van der Waals surface area contributed by atoms with Gasteiger partial charge in [-0.3, -0.25) is 4.68 Å². The molecule has 1 N–H and O–H groups in total. The Morgan fingerprint density at radius 3 is 2.90 bits per heavy atom. The molecular formula is C15H19N5S. The zero-order valence-electron chi connectivity index (χ0n) is 12.4. The summed E-state index contributed by atoms with van der Waals surface area (Å²) in [5.41, 5.74) is 2.16. The van der Waals surface area contributed by atoms with Crippen molar-refractivity contribution >= 4 is 17.4 Å². The highest BCUT2D eigenvalue weighted by Crippen LogP contribution is 2.30. The molecule has 110 valence electrons. The minimum Gasteiger partial charge on any atom is -0.309 e. The van der Waals surface area contributed by atoms with Gasteiger partial charge in [-0.1, -0.05) is 31.7 Å². The number of imidazole rings is 1. The highest BCUT2D eigenvalue weighted by molar-refractivity contribution is 7.99. The first-order chi connectivity index (χ1) is 10.1. The van der Waals surface area contributed by atoms with E-state index in [1.165, 1.54) is 5.69 Å². The van der Waals surface area contributed by atoms with Crippen molar-refractivity contribution in [2.24, 2.45) is 7.05 Å². The second kappa shape index (κ2) is 5.91. The number of nitrogens with one attached hydrogen (secondary N) is 1. The molecule has 0 radical (unpaired) electrons. The fourth-order valence-corrected chi connectivity index (χ4v) is 3.09. The number of hydrogen-bond acceptors (Lipinski definition) is 4. The van der Waals surface area contributed by atoms with Crippen LogP contribution < -0.4 is 5.32 Å². The first-order valence-electron chi connectivity index (χ1n) is 6.99. The van der Waals surface area contributed by atoms with E-state index in [-0.39, 0.29) is 0 Å². The third-order valence-corrected chi connectivity index (χ3v) is 4.13. The van der Waals surface area contributed by atoms with Gasteiger partial charge in [0.25, 0.3) is 0 Å². The molecule has 0 aliphatic rings. The minimum absolute atomic E-state index is 0.440. The van der Waals surface area contributed by atoms with Crippen molar-refractivity contribution in [1.29, 1.82) is 0 Å². The Hall–Kier alpha value is -1.79. The Balaban J connectivity index is 1.97. The van der Waals surface area contributed by atoms with E-state index in [9.17, 15) is 0 Å². The van der Waals surface area contributed by atoms with Crippen LogP contribution >= 0.6 is 11.8 Å². The number of pyridine rings is 1. The molecule has 3 aromatic heterocycles. The van der Waals surface area contributed by atoms with Crippen LogP contribution in [0.2, 0.25) is 0 Å². The average Bonchev–Trinajstić information content (AvgIpc) is 3.00. The fraction of sp³-hybridized carbons (Fsp3) is 0.333. The zero-order valence-corrected chi connectivity index (χ0v) is 13.3. The molecule has 0 bridgehead atoms. The summed E-state index contributed by atoms with van der Waals surface area (Å²) in [4.78, 5) is 5.85. The van der Waals surface area contributed by atoms with E-state index in [2.05, 4.69) is 34.9 Å². The van der Waals surface area contributed by atoms with Crippen LogP contribution in [0.4, 0.5) is 0 Å². The lowest BCUT2D eigenvalue weighted by Crippen LogP contribution is -2.22. The molecule has 3 rings (SSSR count). The van der Waals surface area contributed by atoms with Gasteiger partial charge in [0, 0.05) is 32.0 Å². The molecule has 0 amide bonds. The molecule has 6 heteroatoms. The summed E-state index contributed by atoms with van der Waals surface area (Å²) in [7, 11) is 1.93. The predicted molar refractivity (Wildman–Crippen MR) is 84.5 cm³/mol. The Labute approximate surface area is 128 Å². The minimum atomic E-state index is 0.440. The second-order valence-corrected chi connectivity index (χ2v) is 6.34. The van der Waals surface area contributed by atoms with Crippen molar-refractivity contribution in [2.75, 3.05) is 0 Å². The van der Waals surface area contributed by atoms with Crippen LogP contribution in [0.1, 0.15) is 19.5 Å². The van der Waals surface area contributed by atoms with Crippen LogP contribution in [-0.4, -0.2) is 25.2 Å². The van der Waals surface area contributed by atoms with E-state index < -0.39 is 0 Å².